The van der Waals surface area contributed by atoms with Gasteiger partial charge in [-0.2, -0.15) is 4.31 Å². The first-order valence-corrected chi connectivity index (χ1v) is 10.4. The van der Waals surface area contributed by atoms with Crippen molar-refractivity contribution in [3.63, 3.8) is 0 Å². The lowest BCUT2D eigenvalue weighted by molar-refractivity contribution is -0.143. The molecule has 2 bridgehead atoms. The Balaban J connectivity index is 1.60. The number of carbonyl (C=O) groups excluding carboxylic acids is 1. The summed E-state index contributed by atoms with van der Waals surface area (Å²) in [4.78, 5) is 15.1. The van der Waals surface area contributed by atoms with Crippen molar-refractivity contribution in [3.8, 4) is 0 Å². The van der Waals surface area contributed by atoms with E-state index in [-0.39, 0.29) is 10.8 Å². The third kappa shape index (κ3) is 3.15. The van der Waals surface area contributed by atoms with Crippen LogP contribution < -0.4 is 0 Å². The molecule has 2 fully saturated rings. The molecule has 0 aromatic heterocycles. The maximum Gasteiger partial charge on any atom is 0.243 e. The van der Waals surface area contributed by atoms with E-state index in [0.717, 1.165) is 12.0 Å². The van der Waals surface area contributed by atoms with Crippen LogP contribution in [0.15, 0.2) is 65.6 Å². The highest BCUT2D eigenvalue weighted by molar-refractivity contribution is 7.89. The van der Waals surface area contributed by atoms with Crippen molar-refractivity contribution in [3.05, 3.63) is 66.2 Å². The highest BCUT2D eigenvalue weighted by Gasteiger charge is 2.45. The summed E-state index contributed by atoms with van der Waals surface area (Å²) in [6.45, 7) is 1.66. The van der Waals surface area contributed by atoms with Crippen molar-refractivity contribution in [1.29, 1.82) is 0 Å². The number of sulfonamides is 1. The molecule has 26 heavy (non-hydrogen) atoms. The first-order chi connectivity index (χ1) is 12.6. The van der Waals surface area contributed by atoms with E-state index >= 15 is 0 Å². The second-order valence-corrected chi connectivity index (χ2v) is 8.93. The van der Waals surface area contributed by atoms with Crippen LogP contribution in [0.2, 0.25) is 0 Å². The SMILES string of the molecule is O=C1[C@H]2C[C@H](CCN2S(=O)(=O)c2ccccc2)CN1Cc1ccccc1. The van der Waals surface area contributed by atoms with Crippen molar-refractivity contribution < 1.29 is 13.2 Å². The number of benzene rings is 2. The van der Waals surface area contributed by atoms with Crippen LogP contribution in [-0.2, 0) is 21.4 Å². The molecule has 5 nitrogen and oxygen atoms in total. The maximum absolute atomic E-state index is 13.1. The Morgan fingerprint density at radius 3 is 2.31 bits per heavy atom. The summed E-state index contributed by atoms with van der Waals surface area (Å²) in [5.74, 6) is 0.285. The number of piperidine rings is 2. The van der Waals surface area contributed by atoms with Crippen molar-refractivity contribution in [2.24, 2.45) is 5.92 Å². The molecule has 6 heteroatoms. The van der Waals surface area contributed by atoms with Crippen LogP contribution in [0.5, 0.6) is 0 Å². The van der Waals surface area contributed by atoms with Gasteiger partial charge in [0.05, 0.1) is 4.90 Å². The van der Waals surface area contributed by atoms with Crippen LogP contribution in [0.4, 0.5) is 0 Å². The minimum absolute atomic E-state index is 0.0793. The highest BCUT2D eigenvalue weighted by Crippen LogP contribution is 2.34. The monoisotopic (exact) mass is 370 g/mol. The molecule has 0 N–H and O–H groups in total. The van der Waals surface area contributed by atoms with Crippen molar-refractivity contribution in [2.45, 2.75) is 30.3 Å². The maximum atomic E-state index is 13.1. The van der Waals surface area contributed by atoms with E-state index in [4.69, 9.17) is 0 Å². The van der Waals surface area contributed by atoms with Crippen LogP contribution in [0, 0.1) is 5.92 Å². The number of nitrogens with zero attached hydrogens (tertiary/aromatic N) is 2. The summed E-state index contributed by atoms with van der Waals surface area (Å²) < 4.78 is 27.5. The lowest BCUT2D eigenvalue weighted by Crippen LogP contribution is -2.59. The van der Waals surface area contributed by atoms with Crippen LogP contribution in [-0.4, -0.2) is 42.7 Å². The lowest BCUT2D eigenvalue weighted by atomic mass is 9.87. The van der Waals surface area contributed by atoms with Gasteiger partial charge in [0, 0.05) is 19.6 Å². The van der Waals surface area contributed by atoms with Gasteiger partial charge in [-0.05, 0) is 36.5 Å². The van der Waals surface area contributed by atoms with Gasteiger partial charge < -0.3 is 4.90 Å². The summed E-state index contributed by atoms with van der Waals surface area (Å²) in [6, 6.07) is 17.7. The smallest absolute Gasteiger partial charge is 0.243 e. The molecule has 2 saturated heterocycles. The van der Waals surface area contributed by atoms with Gasteiger partial charge >= 0.3 is 0 Å². The minimum atomic E-state index is -3.66. The van der Waals surface area contributed by atoms with E-state index in [1.54, 1.807) is 30.3 Å². The van der Waals surface area contributed by atoms with Crippen molar-refractivity contribution >= 4 is 15.9 Å². The quantitative estimate of drug-likeness (QED) is 0.831. The number of hydrogen-bond acceptors (Lipinski definition) is 3. The molecule has 2 aliphatic heterocycles. The Bertz CT molecular complexity index is 884. The van der Waals surface area contributed by atoms with E-state index < -0.39 is 16.1 Å². The Morgan fingerprint density at radius 2 is 1.62 bits per heavy atom. The Labute approximate surface area is 154 Å². The third-order valence-electron chi connectivity index (χ3n) is 5.30. The van der Waals surface area contributed by atoms with Crippen LogP contribution in [0.3, 0.4) is 0 Å². The van der Waals surface area contributed by atoms with Gasteiger partial charge in [0.25, 0.3) is 0 Å². The molecular formula is C20H22N2O3S. The second kappa shape index (κ2) is 6.85. The van der Waals surface area contributed by atoms with Gasteiger partial charge in [0.2, 0.25) is 15.9 Å². The fourth-order valence-electron chi connectivity index (χ4n) is 3.98. The fraction of sp³-hybridized carbons (Fsp3) is 0.350. The average Bonchev–Trinajstić information content (AvgIpc) is 2.67. The topological polar surface area (TPSA) is 57.7 Å². The normalized spacial score (nSPS) is 23.8. The lowest BCUT2D eigenvalue weighted by Gasteiger charge is -2.45. The molecule has 1 amide bonds. The zero-order chi connectivity index (χ0) is 18.1. The van der Waals surface area contributed by atoms with Gasteiger partial charge in [-0.25, -0.2) is 8.42 Å². The molecule has 2 aromatic carbocycles. The number of likely N-dealkylation sites (tertiary alicyclic amines) is 1. The summed E-state index contributed by atoms with van der Waals surface area (Å²) in [7, 11) is -3.66. The van der Waals surface area contributed by atoms with Crippen LogP contribution in [0.25, 0.3) is 0 Å². The standard InChI is InChI=1S/C20H22N2O3S/c23-20-19-13-17(15-21(20)14-16-7-3-1-4-8-16)11-12-22(19)26(24,25)18-9-5-2-6-10-18/h1-10,17,19H,11-15H2/t17-,19+/m0/s1. The fourth-order valence-corrected chi connectivity index (χ4v) is 5.61. The number of rotatable bonds is 4. The molecule has 2 aromatic rings. The molecule has 0 radical (unpaired) electrons. The van der Waals surface area contributed by atoms with Gasteiger partial charge in [-0.1, -0.05) is 48.5 Å². The predicted molar refractivity (Wildman–Crippen MR) is 98.7 cm³/mol. The zero-order valence-corrected chi connectivity index (χ0v) is 15.3. The first kappa shape index (κ1) is 17.2. The van der Waals surface area contributed by atoms with E-state index in [2.05, 4.69) is 0 Å². The molecule has 0 unspecified atom stereocenters. The van der Waals surface area contributed by atoms with E-state index in [1.807, 2.05) is 35.2 Å². The molecule has 4 rings (SSSR count). The molecule has 2 aliphatic rings. The largest absolute Gasteiger partial charge is 0.337 e. The zero-order valence-electron chi connectivity index (χ0n) is 14.5. The predicted octanol–water partition coefficient (Wildman–Crippen LogP) is 2.50. The Hall–Kier alpha value is -2.18. The van der Waals surface area contributed by atoms with Gasteiger partial charge in [0.1, 0.15) is 6.04 Å². The second-order valence-electron chi connectivity index (χ2n) is 7.04. The summed E-state index contributed by atoms with van der Waals surface area (Å²) in [5, 5.41) is 0. The molecule has 0 saturated carbocycles. The van der Waals surface area contributed by atoms with Gasteiger partial charge in [-0.15, -0.1) is 0 Å². The minimum Gasteiger partial charge on any atom is -0.337 e. The molecule has 136 valence electrons. The highest BCUT2D eigenvalue weighted by atomic mass is 32.2. The molecule has 0 spiro atoms. The van der Waals surface area contributed by atoms with Crippen molar-refractivity contribution in [1.82, 2.24) is 9.21 Å². The Morgan fingerprint density at radius 1 is 0.962 bits per heavy atom. The summed E-state index contributed by atoms with van der Waals surface area (Å²) in [5.41, 5.74) is 1.07. The first-order valence-electron chi connectivity index (χ1n) is 8.95. The molecule has 2 heterocycles. The number of hydrogen-bond donors (Lipinski definition) is 0. The number of amides is 1. The summed E-state index contributed by atoms with van der Waals surface area (Å²) in [6.07, 6.45) is 1.41. The van der Waals surface area contributed by atoms with E-state index in [9.17, 15) is 13.2 Å². The third-order valence-corrected chi connectivity index (χ3v) is 7.23. The van der Waals surface area contributed by atoms with Crippen LogP contribution in [0.1, 0.15) is 18.4 Å². The number of carbonyl (C=O) groups is 1. The molecule has 0 aliphatic carbocycles. The van der Waals surface area contributed by atoms with E-state index in [0.29, 0.717) is 32.0 Å². The van der Waals surface area contributed by atoms with Gasteiger partial charge in [-0.3, -0.25) is 4.79 Å². The average molecular weight is 370 g/mol. The number of fused-ring (bicyclic) bond motifs is 2. The van der Waals surface area contributed by atoms with Crippen LogP contribution >= 0.6 is 0 Å². The van der Waals surface area contributed by atoms with E-state index in [1.165, 1.54) is 4.31 Å². The summed E-state index contributed by atoms with van der Waals surface area (Å²) >= 11 is 0. The molecule has 2 atom stereocenters. The van der Waals surface area contributed by atoms with Gasteiger partial charge in [0.15, 0.2) is 0 Å². The Kier molecular flexibility index (Phi) is 4.54. The van der Waals surface area contributed by atoms with Crippen molar-refractivity contribution in [2.75, 3.05) is 13.1 Å². The molecular weight excluding hydrogens is 348 g/mol.